The molecule has 1 fully saturated rings. The van der Waals surface area contributed by atoms with Crippen molar-refractivity contribution in [1.29, 1.82) is 0 Å². The highest BCUT2D eigenvalue weighted by atomic mass is 32.2. The van der Waals surface area contributed by atoms with Crippen LogP contribution >= 0.6 is 0 Å². The van der Waals surface area contributed by atoms with Gasteiger partial charge >= 0.3 is 0 Å². The molecule has 0 aromatic heterocycles. The number of hydrogen-bond acceptors (Lipinski definition) is 3. The van der Waals surface area contributed by atoms with Gasteiger partial charge in [0.15, 0.2) is 0 Å². The molecule has 92 valence electrons. The molecule has 1 saturated heterocycles. The van der Waals surface area contributed by atoms with Crippen molar-refractivity contribution >= 4 is 15.9 Å². The third kappa shape index (κ3) is 1.95. The molecule has 1 aliphatic heterocycles. The van der Waals surface area contributed by atoms with Crippen LogP contribution in [0.3, 0.4) is 0 Å². The summed E-state index contributed by atoms with van der Waals surface area (Å²) in [4.78, 5) is 12.0. The molecule has 1 aliphatic rings. The summed E-state index contributed by atoms with van der Waals surface area (Å²) in [6, 6.07) is 8.48. The van der Waals surface area contributed by atoms with Crippen LogP contribution in [0.15, 0.2) is 30.3 Å². The summed E-state index contributed by atoms with van der Waals surface area (Å²) >= 11 is 0. The molecule has 17 heavy (non-hydrogen) atoms. The Balaban J connectivity index is 2.21. The van der Waals surface area contributed by atoms with Gasteiger partial charge in [0.1, 0.15) is 5.25 Å². The van der Waals surface area contributed by atoms with Crippen molar-refractivity contribution in [3.63, 3.8) is 0 Å². The Hall–Kier alpha value is -1.36. The molecule has 1 amide bonds. The van der Waals surface area contributed by atoms with Gasteiger partial charge in [-0.15, -0.1) is 0 Å². The van der Waals surface area contributed by atoms with Gasteiger partial charge in [0, 0.05) is 5.56 Å². The number of amides is 1. The monoisotopic (exact) mass is 253 g/mol. The lowest BCUT2D eigenvalue weighted by molar-refractivity contribution is 0.0829. The third-order valence-corrected chi connectivity index (χ3v) is 5.41. The van der Waals surface area contributed by atoms with E-state index in [2.05, 4.69) is 0 Å². The molecule has 4 nitrogen and oxygen atoms in total. The number of benzene rings is 1. The highest BCUT2D eigenvalue weighted by Gasteiger charge is 2.48. The normalized spacial score (nSPS) is 22.3. The summed E-state index contributed by atoms with van der Waals surface area (Å²) in [5.74, 6) is -0.387. The fraction of sp³-hybridized carbons (Fsp3) is 0.417. The molecule has 1 heterocycles. The van der Waals surface area contributed by atoms with Gasteiger partial charge in [0.25, 0.3) is 5.91 Å². The van der Waals surface area contributed by atoms with Gasteiger partial charge in [0.2, 0.25) is 10.0 Å². The van der Waals surface area contributed by atoms with Crippen molar-refractivity contribution in [2.45, 2.75) is 19.1 Å². The van der Waals surface area contributed by atoms with Gasteiger partial charge in [-0.2, -0.15) is 0 Å². The first-order valence-corrected chi connectivity index (χ1v) is 7.06. The Morgan fingerprint density at radius 1 is 1.29 bits per heavy atom. The maximum Gasteiger partial charge on any atom is 0.267 e. The van der Waals surface area contributed by atoms with Crippen LogP contribution < -0.4 is 0 Å². The lowest BCUT2D eigenvalue weighted by Gasteiger charge is -2.40. The lowest BCUT2D eigenvalue weighted by atomic mass is 10.1. The molecule has 0 N–H and O–H groups in total. The summed E-state index contributed by atoms with van der Waals surface area (Å²) in [7, 11) is -3.43. The van der Waals surface area contributed by atoms with Gasteiger partial charge in [-0.1, -0.05) is 32.0 Å². The Labute approximate surface area is 101 Å². The average Bonchev–Trinajstić information content (AvgIpc) is 2.28. The van der Waals surface area contributed by atoms with Crippen molar-refractivity contribution in [3.8, 4) is 0 Å². The minimum atomic E-state index is -3.43. The number of sulfonamides is 1. The number of carbonyl (C=O) groups excluding carboxylic acids is 1. The molecule has 0 radical (unpaired) electrons. The average molecular weight is 253 g/mol. The van der Waals surface area contributed by atoms with E-state index in [0.29, 0.717) is 12.1 Å². The molecule has 1 atom stereocenters. The van der Waals surface area contributed by atoms with E-state index >= 15 is 0 Å². The van der Waals surface area contributed by atoms with Crippen molar-refractivity contribution < 1.29 is 13.2 Å². The van der Waals surface area contributed by atoms with E-state index < -0.39 is 21.2 Å². The van der Waals surface area contributed by atoms with Crippen LogP contribution in [0.4, 0.5) is 0 Å². The van der Waals surface area contributed by atoms with Crippen molar-refractivity contribution in [2.24, 2.45) is 5.92 Å². The zero-order valence-electron chi connectivity index (χ0n) is 9.83. The molecule has 0 aliphatic carbocycles. The largest absolute Gasteiger partial charge is 0.268 e. The van der Waals surface area contributed by atoms with E-state index in [1.807, 2.05) is 13.8 Å². The molecular weight excluding hydrogens is 238 g/mol. The van der Waals surface area contributed by atoms with Crippen molar-refractivity contribution in [3.05, 3.63) is 35.9 Å². The molecule has 0 saturated carbocycles. The first-order valence-electron chi connectivity index (χ1n) is 5.55. The highest BCUT2D eigenvalue weighted by Crippen LogP contribution is 2.29. The summed E-state index contributed by atoms with van der Waals surface area (Å²) in [5, 5.41) is -0.421. The van der Waals surface area contributed by atoms with E-state index in [9.17, 15) is 13.2 Å². The van der Waals surface area contributed by atoms with Gasteiger partial charge < -0.3 is 0 Å². The van der Waals surface area contributed by atoms with Crippen LogP contribution in [-0.2, 0) is 10.0 Å². The van der Waals surface area contributed by atoms with Crippen LogP contribution in [-0.4, -0.2) is 30.4 Å². The van der Waals surface area contributed by atoms with Crippen LogP contribution in [0.25, 0.3) is 0 Å². The second-order valence-electron chi connectivity index (χ2n) is 4.53. The lowest BCUT2D eigenvalue weighted by Crippen LogP contribution is -2.60. The summed E-state index contributed by atoms with van der Waals surface area (Å²) in [6.07, 6.45) is 0. The van der Waals surface area contributed by atoms with E-state index in [0.717, 1.165) is 4.31 Å². The topological polar surface area (TPSA) is 54.5 Å². The Bertz CT molecular complexity index is 522. The first kappa shape index (κ1) is 12.1. The van der Waals surface area contributed by atoms with Crippen molar-refractivity contribution in [2.75, 3.05) is 6.54 Å². The fourth-order valence-corrected chi connectivity index (χ4v) is 3.72. The number of hydrogen-bond donors (Lipinski definition) is 0. The second kappa shape index (κ2) is 4.14. The predicted octanol–water partition coefficient (Wildman–Crippen LogP) is 1.50. The van der Waals surface area contributed by atoms with Crippen LogP contribution in [0.5, 0.6) is 0 Å². The Kier molecular flexibility index (Phi) is 2.95. The molecular formula is C12H15NO3S. The standard InChI is InChI=1S/C12H15NO3S/c1-9(2)11-8-13(17(11,15)16)12(14)10-6-4-3-5-7-10/h3-7,9,11H,8H2,1-2H3. The van der Waals surface area contributed by atoms with Gasteiger partial charge in [-0.05, 0) is 18.1 Å². The smallest absolute Gasteiger partial charge is 0.267 e. The summed E-state index contributed by atoms with van der Waals surface area (Å²) in [5.41, 5.74) is 0.415. The second-order valence-corrected chi connectivity index (χ2v) is 6.61. The minimum Gasteiger partial charge on any atom is -0.268 e. The fourth-order valence-electron chi connectivity index (χ4n) is 1.92. The maximum atomic E-state index is 12.0. The van der Waals surface area contributed by atoms with Crippen LogP contribution in [0.2, 0.25) is 0 Å². The van der Waals surface area contributed by atoms with E-state index in [1.54, 1.807) is 30.3 Å². The molecule has 5 heteroatoms. The van der Waals surface area contributed by atoms with Crippen molar-refractivity contribution in [1.82, 2.24) is 4.31 Å². The van der Waals surface area contributed by atoms with E-state index in [-0.39, 0.29) is 5.92 Å². The number of rotatable bonds is 2. The number of nitrogens with zero attached hydrogens (tertiary/aromatic N) is 1. The van der Waals surface area contributed by atoms with Gasteiger partial charge in [0.05, 0.1) is 6.54 Å². The Morgan fingerprint density at radius 3 is 2.35 bits per heavy atom. The quantitative estimate of drug-likeness (QED) is 0.802. The maximum absolute atomic E-state index is 12.0. The molecule has 1 aromatic carbocycles. The Morgan fingerprint density at radius 2 is 1.88 bits per heavy atom. The number of carbonyl (C=O) groups is 1. The van der Waals surface area contributed by atoms with Gasteiger partial charge in [-0.25, -0.2) is 12.7 Å². The van der Waals surface area contributed by atoms with Crippen LogP contribution in [0.1, 0.15) is 24.2 Å². The third-order valence-electron chi connectivity index (χ3n) is 3.03. The molecule has 0 spiro atoms. The molecule has 0 bridgehead atoms. The van der Waals surface area contributed by atoms with E-state index in [4.69, 9.17) is 0 Å². The minimum absolute atomic E-state index is 0.0415. The summed E-state index contributed by atoms with van der Waals surface area (Å²) in [6.45, 7) is 4.01. The highest BCUT2D eigenvalue weighted by molar-refractivity contribution is 7.91. The molecule has 2 rings (SSSR count). The molecule has 1 aromatic rings. The first-order chi connectivity index (χ1) is 7.94. The molecule has 1 unspecified atom stereocenters. The summed E-state index contributed by atoms with van der Waals surface area (Å²) < 4.78 is 24.8. The predicted molar refractivity (Wildman–Crippen MR) is 65.0 cm³/mol. The zero-order valence-corrected chi connectivity index (χ0v) is 10.6. The SMILES string of the molecule is CC(C)C1CN(C(=O)c2ccccc2)S1(=O)=O. The zero-order chi connectivity index (χ0) is 12.6. The van der Waals surface area contributed by atoms with Gasteiger partial charge in [-0.3, -0.25) is 4.79 Å². The van der Waals surface area contributed by atoms with Crippen LogP contribution in [0, 0.1) is 5.92 Å². The van der Waals surface area contributed by atoms with E-state index in [1.165, 1.54) is 0 Å².